The SMILES string of the molecule is CC1CCN([C@H](C)CNC(=O)c2cccnc2Cl)CC1. The molecule has 1 fully saturated rings. The highest BCUT2D eigenvalue weighted by molar-refractivity contribution is 6.32. The topological polar surface area (TPSA) is 45.2 Å². The zero-order valence-corrected chi connectivity index (χ0v) is 12.9. The molecular formula is C15H22ClN3O. The summed E-state index contributed by atoms with van der Waals surface area (Å²) < 4.78 is 0. The molecule has 5 heteroatoms. The van der Waals surface area contributed by atoms with Gasteiger partial charge in [0, 0.05) is 18.8 Å². The zero-order chi connectivity index (χ0) is 14.5. The van der Waals surface area contributed by atoms with E-state index >= 15 is 0 Å². The molecule has 0 aliphatic carbocycles. The van der Waals surface area contributed by atoms with E-state index in [0.717, 1.165) is 19.0 Å². The third kappa shape index (κ3) is 3.93. The zero-order valence-electron chi connectivity index (χ0n) is 12.1. The fraction of sp³-hybridized carbons (Fsp3) is 0.600. The summed E-state index contributed by atoms with van der Waals surface area (Å²) in [7, 11) is 0. The fourth-order valence-corrected chi connectivity index (χ4v) is 2.69. The lowest BCUT2D eigenvalue weighted by Gasteiger charge is -2.35. The first-order chi connectivity index (χ1) is 9.58. The Morgan fingerprint density at radius 3 is 2.90 bits per heavy atom. The summed E-state index contributed by atoms with van der Waals surface area (Å²) in [5.74, 6) is 0.669. The van der Waals surface area contributed by atoms with Crippen LogP contribution in [0.3, 0.4) is 0 Å². The average Bonchev–Trinajstić information content (AvgIpc) is 2.45. The maximum atomic E-state index is 12.1. The molecule has 2 heterocycles. The Bertz CT molecular complexity index is 458. The first kappa shape index (κ1) is 15.3. The third-order valence-corrected chi connectivity index (χ3v) is 4.30. The van der Waals surface area contributed by atoms with Crippen molar-refractivity contribution in [2.24, 2.45) is 5.92 Å². The molecular weight excluding hydrogens is 274 g/mol. The average molecular weight is 296 g/mol. The normalized spacial score (nSPS) is 18.8. The van der Waals surface area contributed by atoms with Crippen LogP contribution in [0.4, 0.5) is 0 Å². The van der Waals surface area contributed by atoms with Crippen molar-refractivity contribution < 1.29 is 4.79 Å². The standard InChI is InChI=1S/C15H22ClN3O/c1-11-5-8-19(9-6-11)12(2)10-18-15(20)13-4-3-7-17-14(13)16/h3-4,7,11-12H,5-6,8-10H2,1-2H3,(H,18,20)/t12-/m1/s1. The summed E-state index contributed by atoms with van der Waals surface area (Å²) in [4.78, 5) is 18.4. The van der Waals surface area contributed by atoms with Gasteiger partial charge in [-0.05, 0) is 50.9 Å². The number of amides is 1. The van der Waals surface area contributed by atoms with Crippen LogP contribution in [0, 0.1) is 5.92 Å². The van der Waals surface area contributed by atoms with Crippen LogP contribution in [0.2, 0.25) is 5.15 Å². The minimum absolute atomic E-state index is 0.152. The Balaban J connectivity index is 1.83. The van der Waals surface area contributed by atoms with Crippen molar-refractivity contribution in [3.8, 4) is 0 Å². The minimum atomic E-state index is -0.152. The molecule has 1 aliphatic rings. The molecule has 0 bridgehead atoms. The summed E-state index contributed by atoms with van der Waals surface area (Å²) in [6, 6.07) is 3.76. The largest absolute Gasteiger partial charge is 0.350 e. The Morgan fingerprint density at radius 2 is 2.25 bits per heavy atom. The van der Waals surface area contributed by atoms with E-state index in [0.29, 0.717) is 18.2 Å². The van der Waals surface area contributed by atoms with E-state index in [1.165, 1.54) is 12.8 Å². The lowest BCUT2D eigenvalue weighted by Crippen LogP contribution is -2.45. The van der Waals surface area contributed by atoms with Crippen LogP contribution in [0.1, 0.15) is 37.0 Å². The highest BCUT2D eigenvalue weighted by atomic mass is 35.5. The van der Waals surface area contributed by atoms with E-state index in [4.69, 9.17) is 11.6 Å². The molecule has 4 nitrogen and oxygen atoms in total. The molecule has 0 radical (unpaired) electrons. The molecule has 0 saturated carbocycles. The molecule has 1 saturated heterocycles. The number of carbonyl (C=O) groups excluding carboxylic acids is 1. The van der Waals surface area contributed by atoms with Gasteiger partial charge in [0.25, 0.3) is 5.91 Å². The van der Waals surface area contributed by atoms with Gasteiger partial charge >= 0.3 is 0 Å². The summed E-state index contributed by atoms with van der Waals surface area (Å²) in [6.45, 7) is 7.32. The lowest BCUT2D eigenvalue weighted by atomic mass is 9.98. The van der Waals surface area contributed by atoms with E-state index in [1.54, 1.807) is 18.3 Å². The van der Waals surface area contributed by atoms with Crippen molar-refractivity contribution in [1.82, 2.24) is 15.2 Å². The summed E-state index contributed by atoms with van der Waals surface area (Å²) in [5.41, 5.74) is 0.439. The van der Waals surface area contributed by atoms with E-state index in [2.05, 4.69) is 29.0 Å². The first-order valence-corrected chi connectivity index (χ1v) is 7.58. The van der Waals surface area contributed by atoms with Crippen molar-refractivity contribution >= 4 is 17.5 Å². The Labute approximate surface area is 125 Å². The quantitative estimate of drug-likeness (QED) is 0.869. The van der Waals surface area contributed by atoms with Crippen molar-refractivity contribution in [1.29, 1.82) is 0 Å². The van der Waals surface area contributed by atoms with E-state index in [1.807, 2.05) is 0 Å². The highest BCUT2D eigenvalue weighted by Crippen LogP contribution is 2.18. The Kier molecular flexibility index (Phi) is 5.38. The van der Waals surface area contributed by atoms with Crippen LogP contribution >= 0.6 is 11.6 Å². The number of piperidine rings is 1. The summed E-state index contributed by atoms with van der Waals surface area (Å²) >= 11 is 5.92. The number of likely N-dealkylation sites (tertiary alicyclic amines) is 1. The van der Waals surface area contributed by atoms with Gasteiger partial charge in [0.2, 0.25) is 0 Å². The molecule has 0 unspecified atom stereocenters. The van der Waals surface area contributed by atoms with Gasteiger partial charge < -0.3 is 5.32 Å². The van der Waals surface area contributed by atoms with Gasteiger partial charge in [-0.2, -0.15) is 0 Å². The molecule has 1 aliphatic heterocycles. The lowest BCUT2D eigenvalue weighted by molar-refractivity contribution is 0.0921. The molecule has 0 spiro atoms. The van der Waals surface area contributed by atoms with Gasteiger partial charge in [0.15, 0.2) is 0 Å². The predicted molar refractivity (Wildman–Crippen MR) is 81.0 cm³/mol. The molecule has 1 aromatic heterocycles. The fourth-order valence-electron chi connectivity index (χ4n) is 2.49. The van der Waals surface area contributed by atoms with E-state index in [9.17, 15) is 4.79 Å². The van der Waals surface area contributed by atoms with Gasteiger partial charge in [0.1, 0.15) is 5.15 Å². The maximum absolute atomic E-state index is 12.1. The number of hydrogen-bond acceptors (Lipinski definition) is 3. The number of halogens is 1. The smallest absolute Gasteiger partial charge is 0.254 e. The van der Waals surface area contributed by atoms with Crippen LogP contribution < -0.4 is 5.32 Å². The second-order valence-corrected chi connectivity index (χ2v) is 5.98. The van der Waals surface area contributed by atoms with Gasteiger partial charge in [0.05, 0.1) is 5.56 Å². The molecule has 1 N–H and O–H groups in total. The number of pyridine rings is 1. The third-order valence-electron chi connectivity index (χ3n) is 4.00. The molecule has 20 heavy (non-hydrogen) atoms. The second-order valence-electron chi connectivity index (χ2n) is 5.62. The number of carbonyl (C=O) groups is 1. The molecule has 0 aromatic carbocycles. The predicted octanol–water partition coefficient (Wildman–Crippen LogP) is 2.59. The Hall–Kier alpha value is -1.13. The van der Waals surface area contributed by atoms with Gasteiger partial charge in [-0.15, -0.1) is 0 Å². The molecule has 1 amide bonds. The molecule has 1 aromatic rings. The van der Waals surface area contributed by atoms with Crippen LogP contribution in [-0.4, -0.2) is 41.5 Å². The van der Waals surface area contributed by atoms with Gasteiger partial charge in [-0.3, -0.25) is 9.69 Å². The Morgan fingerprint density at radius 1 is 1.55 bits per heavy atom. The van der Waals surface area contributed by atoms with E-state index < -0.39 is 0 Å². The molecule has 2 rings (SSSR count). The number of aromatic nitrogens is 1. The number of nitrogens with zero attached hydrogens (tertiary/aromatic N) is 2. The second kappa shape index (κ2) is 7.04. The van der Waals surface area contributed by atoms with Gasteiger partial charge in [-0.1, -0.05) is 18.5 Å². The van der Waals surface area contributed by atoms with E-state index in [-0.39, 0.29) is 11.1 Å². The number of hydrogen-bond donors (Lipinski definition) is 1. The summed E-state index contributed by atoms with van der Waals surface area (Å²) in [5, 5.41) is 3.20. The van der Waals surface area contributed by atoms with Crippen molar-refractivity contribution in [2.75, 3.05) is 19.6 Å². The van der Waals surface area contributed by atoms with Crippen molar-refractivity contribution in [3.05, 3.63) is 29.0 Å². The number of rotatable bonds is 4. The van der Waals surface area contributed by atoms with Crippen LogP contribution in [0.15, 0.2) is 18.3 Å². The highest BCUT2D eigenvalue weighted by Gasteiger charge is 2.21. The van der Waals surface area contributed by atoms with Crippen molar-refractivity contribution in [2.45, 2.75) is 32.7 Å². The molecule has 1 atom stereocenters. The summed E-state index contributed by atoms with van der Waals surface area (Å²) in [6.07, 6.45) is 4.07. The number of nitrogens with one attached hydrogen (secondary N) is 1. The monoisotopic (exact) mass is 295 g/mol. The minimum Gasteiger partial charge on any atom is -0.350 e. The van der Waals surface area contributed by atoms with Crippen LogP contribution in [0.25, 0.3) is 0 Å². The van der Waals surface area contributed by atoms with Crippen molar-refractivity contribution in [3.63, 3.8) is 0 Å². The molecule has 110 valence electrons. The maximum Gasteiger partial charge on any atom is 0.254 e. The first-order valence-electron chi connectivity index (χ1n) is 7.20. The van der Waals surface area contributed by atoms with Crippen LogP contribution in [-0.2, 0) is 0 Å². The van der Waals surface area contributed by atoms with Gasteiger partial charge in [-0.25, -0.2) is 4.98 Å². The van der Waals surface area contributed by atoms with Crippen LogP contribution in [0.5, 0.6) is 0 Å².